The Morgan fingerprint density at radius 1 is 1.53 bits per heavy atom. The lowest BCUT2D eigenvalue weighted by molar-refractivity contribution is -0.129. The Labute approximate surface area is 116 Å². The van der Waals surface area contributed by atoms with Crippen LogP contribution < -0.4 is 5.32 Å². The molecule has 104 valence electrons. The Morgan fingerprint density at radius 2 is 2.21 bits per heavy atom. The van der Waals surface area contributed by atoms with Gasteiger partial charge in [-0.2, -0.15) is 0 Å². The van der Waals surface area contributed by atoms with E-state index in [0.717, 1.165) is 12.8 Å². The number of halogens is 1. The minimum Gasteiger partial charge on any atom is -0.361 e. The molecule has 2 rings (SSSR count). The summed E-state index contributed by atoms with van der Waals surface area (Å²) in [6.07, 6.45) is 1.45. The molecule has 0 aliphatic carbocycles. The van der Waals surface area contributed by atoms with Crippen LogP contribution in [0.3, 0.4) is 0 Å². The summed E-state index contributed by atoms with van der Waals surface area (Å²) in [7, 11) is 0. The number of piperidine rings is 1. The van der Waals surface area contributed by atoms with Crippen molar-refractivity contribution in [1.29, 1.82) is 0 Å². The average molecular weight is 286 g/mol. The number of nitrogens with one attached hydrogen (secondary N) is 1. The first-order valence-corrected chi connectivity index (χ1v) is 6.71. The molecule has 0 atom stereocenters. The van der Waals surface area contributed by atoms with Crippen molar-refractivity contribution < 1.29 is 14.1 Å². The highest BCUT2D eigenvalue weighted by Crippen LogP contribution is 2.12. The molecule has 1 aromatic rings. The molecule has 2 amide bonds. The molecule has 19 heavy (non-hydrogen) atoms. The van der Waals surface area contributed by atoms with Gasteiger partial charge >= 0.3 is 0 Å². The molecule has 1 aromatic heterocycles. The van der Waals surface area contributed by atoms with Gasteiger partial charge in [0.25, 0.3) is 5.91 Å². The van der Waals surface area contributed by atoms with Crippen LogP contribution in [0, 0.1) is 6.92 Å². The molecule has 0 unspecified atom stereocenters. The number of aromatic nitrogens is 1. The number of carbonyl (C=O) groups is 2. The molecule has 7 heteroatoms. The molecule has 1 aliphatic rings. The summed E-state index contributed by atoms with van der Waals surface area (Å²) in [5, 5.41) is 6.56. The van der Waals surface area contributed by atoms with Crippen LogP contribution in [0.4, 0.5) is 0 Å². The van der Waals surface area contributed by atoms with Crippen LogP contribution in [0.1, 0.15) is 29.1 Å². The third kappa shape index (κ3) is 3.47. The topological polar surface area (TPSA) is 75.4 Å². The molecule has 0 bridgehead atoms. The number of amides is 2. The van der Waals surface area contributed by atoms with E-state index in [9.17, 15) is 9.59 Å². The number of hydrogen-bond acceptors (Lipinski definition) is 4. The maximum Gasteiger partial charge on any atom is 0.273 e. The predicted molar refractivity (Wildman–Crippen MR) is 69.0 cm³/mol. The standard InChI is InChI=1S/C12H16ClN3O3/c1-8-6-10(15-19-8)12(18)14-9-2-4-16(5-3-9)11(17)7-13/h6,9H,2-5,7H2,1H3,(H,14,18). The van der Waals surface area contributed by atoms with Gasteiger partial charge in [-0.25, -0.2) is 0 Å². The minimum absolute atomic E-state index is 0.00917. The van der Waals surface area contributed by atoms with Crippen LogP contribution in [0.5, 0.6) is 0 Å². The molecule has 0 radical (unpaired) electrons. The fraction of sp³-hybridized carbons (Fsp3) is 0.583. The molecule has 0 aromatic carbocycles. The van der Waals surface area contributed by atoms with Crippen LogP contribution in [0.15, 0.2) is 10.6 Å². The van der Waals surface area contributed by atoms with E-state index in [4.69, 9.17) is 16.1 Å². The second-order valence-corrected chi connectivity index (χ2v) is 4.85. The first-order chi connectivity index (χ1) is 9.10. The Kier molecular flexibility index (Phi) is 4.42. The van der Waals surface area contributed by atoms with Crippen LogP contribution >= 0.6 is 11.6 Å². The average Bonchev–Trinajstić information content (AvgIpc) is 2.85. The van der Waals surface area contributed by atoms with E-state index >= 15 is 0 Å². The van der Waals surface area contributed by atoms with E-state index in [1.54, 1.807) is 17.9 Å². The molecular formula is C12H16ClN3O3. The minimum atomic E-state index is -0.237. The van der Waals surface area contributed by atoms with Gasteiger partial charge in [-0.15, -0.1) is 11.6 Å². The maximum atomic E-state index is 11.9. The summed E-state index contributed by atoms with van der Waals surface area (Å²) in [4.78, 5) is 25.0. The molecule has 1 aliphatic heterocycles. The van der Waals surface area contributed by atoms with Crippen molar-refractivity contribution in [3.05, 3.63) is 17.5 Å². The van der Waals surface area contributed by atoms with Gasteiger partial charge in [0.15, 0.2) is 5.69 Å². The Morgan fingerprint density at radius 3 is 2.74 bits per heavy atom. The van der Waals surface area contributed by atoms with Crippen molar-refractivity contribution in [1.82, 2.24) is 15.4 Å². The van der Waals surface area contributed by atoms with Gasteiger partial charge in [0.2, 0.25) is 5.91 Å². The molecule has 2 heterocycles. The third-order valence-corrected chi connectivity index (χ3v) is 3.39. The Balaban J connectivity index is 1.82. The van der Waals surface area contributed by atoms with Gasteiger partial charge in [-0.1, -0.05) is 5.16 Å². The zero-order valence-corrected chi connectivity index (χ0v) is 11.4. The zero-order chi connectivity index (χ0) is 13.8. The first kappa shape index (κ1) is 13.9. The van der Waals surface area contributed by atoms with E-state index in [-0.39, 0.29) is 29.4 Å². The molecular weight excluding hydrogens is 270 g/mol. The zero-order valence-electron chi connectivity index (χ0n) is 10.7. The number of likely N-dealkylation sites (tertiary alicyclic amines) is 1. The highest BCUT2D eigenvalue weighted by molar-refractivity contribution is 6.27. The lowest BCUT2D eigenvalue weighted by Crippen LogP contribution is -2.47. The summed E-state index contributed by atoms with van der Waals surface area (Å²) < 4.78 is 4.86. The number of carbonyl (C=O) groups excluding carboxylic acids is 2. The summed E-state index contributed by atoms with van der Waals surface area (Å²) in [5.74, 6) is 0.320. The van der Waals surface area contributed by atoms with Gasteiger partial charge in [0.1, 0.15) is 11.6 Å². The third-order valence-electron chi connectivity index (χ3n) is 3.16. The van der Waals surface area contributed by atoms with Gasteiger partial charge < -0.3 is 14.7 Å². The van der Waals surface area contributed by atoms with E-state index in [1.807, 2.05) is 0 Å². The molecule has 1 fully saturated rings. The second kappa shape index (κ2) is 6.06. The summed E-state index contributed by atoms with van der Waals surface area (Å²) in [6, 6.07) is 1.66. The summed E-state index contributed by atoms with van der Waals surface area (Å²) in [6.45, 7) is 2.97. The summed E-state index contributed by atoms with van der Waals surface area (Å²) >= 11 is 5.51. The van der Waals surface area contributed by atoms with Crippen molar-refractivity contribution >= 4 is 23.4 Å². The van der Waals surface area contributed by atoms with Gasteiger partial charge in [0.05, 0.1) is 0 Å². The maximum absolute atomic E-state index is 11.9. The van der Waals surface area contributed by atoms with Crippen LogP contribution in [0.2, 0.25) is 0 Å². The van der Waals surface area contributed by atoms with Crippen LogP contribution in [0.25, 0.3) is 0 Å². The normalized spacial score (nSPS) is 16.4. The van der Waals surface area contributed by atoms with Crippen LogP contribution in [-0.2, 0) is 4.79 Å². The second-order valence-electron chi connectivity index (χ2n) is 4.58. The largest absolute Gasteiger partial charge is 0.361 e. The lowest BCUT2D eigenvalue weighted by atomic mass is 10.0. The van der Waals surface area contributed by atoms with Crippen molar-refractivity contribution in [3.8, 4) is 0 Å². The van der Waals surface area contributed by atoms with Gasteiger partial charge in [-0.3, -0.25) is 9.59 Å². The molecule has 1 saturated heterocycles. The fourth-order valence-corrected chi connectivity index (χ4v) is 2.26. The first-order valence-electron chi connectivity index (χ1n) is 6.18. The number of hydrogen-bond donors (Lipinski definition) is 1. The lowest BCUT2D eigenvalue weighted by Gasteiger charge is -2.31. The van der Waals surface area contributed by atoms with E-state index in [2.05, 4.69) is 10.5 Å². The molecule has 1 N–H and O–H groups in total. The van der Waals surface area contributed by atoms with Crippen molar-refractivity contribution in [3.63, 3.8) is 0 Å². The number of alkyl halides is 1. The van der Waals surface area contributed by atoms with Crippen LogP contribution in [-0.4, -0.2) is 46.9 Å². The Bertz CT molecular complexity index is 467. The summed E-state index contributed by atoms with van der Waals surface area (Å²) in [5.41, 5.74) is 0.289. The number of aryl methyl sites for hydroxylation is 1. The van der Waals surface area contributed by atoms with Gasteiger partial charge in [0, 0.05) is 25.2 Å². The monoisotopic (exact) mass is 285 g/mol. The smallest absolute Gasteiger partial charge is 0.273 e. The molecule has 0 spiro atoms. The predicted octanol–water partition coefficient (Wildman–Crippen LogP) is 0.943. The Hall–Kier alpha value is -1.56. The fourth-order valence-electron chi connectivity index (χ4n) is 2.09. The van der Waals surface area contributed by atoms with E-state index < -0.39 is 0 Å². The van der Waals surface area contributed by atoms with Crippen molar-refractivity contribution in [2.75, 3.05) is 19.0 Å². The highest BCUT2D eigenvalue weighted by Gasteiger charge is 2.24. The van der Waals surface area contributed by atoms with E-state index in [1.165, 1.54) is 0 Å². The number of nitrogens with zero attached hydrogens (tertiary/aromatic N) is 2. The van der Waals surface area contributed by atoms with Crippen molar-refractivity contribution in [2.45, 2.75) is 25.8 Å². The van der Waals surface area contributed by atoms with Gasteiger partial charge in [-0.05, 0) is 19.8 Å². The molecule has 0 saturated carbocycles. The van der Waals surface area contributed by atoms with Crippen molar-refractivity contribution in [2.24, 2.45) is 0 Å². The highest BCUT2D eigenvalue weighted by atomic mass is 35.5. The molecule has 6 nitrogen and oxygen atoms in total. The SMILES string of the molecule is Cc1cc(C(=O)NC2CCN(C(=O)CCl)CC2)no1. The quantitative estimate of drug-likeness (QED) is 0.839. The van der Waals surface area contributed by atoms with E-state index in [0.29, 0.717) is 18.8 Å². The number of rotatable bonds is 3.